The fourth-order valence-corrected chi connectivity index (χ4v) is 5.66. The fraction of sp³-hybridized carbons (Fsp3) is 0.182. The maximum atomic E-state index is 13.4. The summed E-state index contributed by atoms with van der Waals surface area (Å²) in [6, 6.07) is 23.7. The number of hydrogen-bond acceptors (Lipinski definition) is 3. The lowest BCUT2D eigenvalue weighted by atomic mass is 9.88. The van der Waals surface area contributed by atoms with Gasteiger partial charge < -0.3 is 0 Å². The SMILES string of the molecule is CN1C(c2ccc(Cl)cc2)[C@@H](c2ccccc2)CN1S(=O)(=O)c1ccc(Cl)cc1. The molecule has 0 aromatic heterocycles. The Morgan fingerprint density at radius 1 is 0.793 bits per heavy atom. The third-order valence-corrected chi connectivity index (χ3v) is 7.65. The second-order valence-electron chi connectivity index (χ2n) is 7.05. The van der Waals surface area contributed by atoms with Crippen molar-refractivity contribution in [3.63, 3.8) is 0 Å². The van der Waals surface area contributed by atoms with Gasteiger partial charge in [0.1, 0.15) is 0 Å². The van der Waals surface area contributed by atoms with Gasteiger partial charge >= 0.3 is 0 Å². The van der Waals surface area contributed by atoms with Crippen LogP contribution in [0.15, 0.2) is 83.8 Å². The second kappa shape index (κ2) is 8.09. The van der Waals surface area contributed by atoms with Crippen molar-refractivity contribution < 1.29 is 8.42 Å². The summed E-state index contributed by atoms with van der Waals surface area (Å²) in [5, 5.41) is 2.96. The molecule has 1 heterocycles. The number of nitrogens with zero attached hydrogens (tertiary/aromatic N) is 2. The molecule has 7 heteroatoms. The lowest BCUT2D eigenvalue weighted by Crippen LogP contribution is -2.39. The molecule has 1 saturated heterocycles. The van der Waals surface area contributed by atoms with Crippen LogP contribution >= 0.6 is 23.2 Å². The Labute approximate surface area is 181 Å². The average Bonchev–Trinajstić information content (AvgIpc) is 3.07. The van der Waals surface area contributed by atoms with Gasteiger partial charge in [0.05, 0.1) is 10.9 Å². The highest BCUT2D eigenvalue weighted by molar-refractivity contribution is 7.89. The van der Waals surface area contributed by atoms with Gasteiger partial charge in [0.2, 0.25) is 0 Å². The van der Waals surface area contributed by atoms with Gasteiger partial charge in [0, 0.05) is 29.6 Å². The topological polar surface area (TPSA) is 40.6 Å². The average molecular weight is 447 g/mol. The molecule has 0 spiro atoms. The minimum atomic E-state index is -3.72. The van der Waals surface area contributed by atoms with Gasteiger partial charge in [-0.2, -0.15) is 0 Å². The summed E-state index contributed by atoms with van der Waals surface area (Å²) >= 11 is 12.0. The van der Waals surface area contributed by atoms with E-state index in [9.17, 15) is 8.42 Å². The molecule has 1 aliphatic heterocycles. The standard InChI is InChI=1S/C22H20Cl2N2O2S/c1-25-22(17-7-9-18(23)10-8-17)21(16-5-3-2-4-6-16)15-26(25)29(27,28)20-13-11-19(24)12-14-20/h2-14,21-22H,15H2,1H3/t21-,22?/m1/s1. The van der Waals surface area contributed by atoms with E-state index in [0.29, 0.717) is 16.6 Å². The summed E-state index contributed by atoms with van der Waals surface area (Å²) in [6.07, 6.45) is 0. The molecule has 150 valence electrons. The molecule has 1 fully saturated rings. The summed E-state index contributed by atoms with van der Waals surface area (Å²) in [5.74, 6) is -0.0237. The van der Waals surface area contributed by atoms with Crippen LogP contribution in [0, 0.1) is 0 Å². The van der Waals surface area contributed by atoms with E-state index in [1.807, 2.05) is 66.7 Å². The Bertz CT molecular complexity index is 1090. The predicted octanol–water partition coefficient (Wildman–Crippen LogP) is 5.37. The van der Waals surface area contributed by atoms with E-state index in [4.69, 9.17) is 23.2 Å². The zero-order valence-corrected chi connectivity index (χ0v) is 18.1. The molecule has 0 radical (unpaired) electrons. The highest BCUT2D eigenvalue weighted by Crippen LogP contribution is 2.44. The van der Waals surface area contributed by atoms with Crippen molar-refractivity contribution in [2.24, 2.45) is 0 Å². The molecule has 0 saturated carbocycles. The van der Waals surface area contributed by atoms with Crippen LogP contribution < -0.4 is 0 Å². The fourth-order valence-electron chi connectivity index (χ4n) is 3.89. The van der Waals surface area contributed by atoms with Crippen molar-refractivity contribution in [1.29, 1.82) is 0 Å². The van der Waals surface area contributed by atoms with Crippen LogP contribution in [0.4, 0.5) is 0 Å². The monoisotopic (exact) mass is 446 g/mol. The maximum absolute atomic E-state index is 13.4. The molecular formula is C22H20Cl2N2O2S. The number of sulfonamides is 1. The van der Waals surface area contributed by atoms with Gasteiger partial charge in [-0.1, -0.05) is 65.7 Å². The van der Waals surface area contributed by atoms with Crippen molar-refractivity contribution in [3.8, 4) is 0 Å². The Morgan fingerprint density at radius 2 is 1.34 bits per heavy atom. The summed E-state index contributed by atoms with van der Waals surface area (Å²) in [4.78, 5) is 0.220. The Hall–Kier alpha value is -1.89. The largest absolute Gasteiger partial charge is 0.256 e. The first-order valence-electron chi connectivity index (χ1n) is 9.19. The first kappa shape index (κ1) is 20.4. The van der Waals surface area contributed by atoms with Crippen LogP contribution in [0.1, 0.15) is 23.1 Å². The summed E-state index contributed by atoms with van der Waals surface area (Å²) in [7, 11) is -1.90. The minimum absolute atomic E-state index is 0.0237. The summed E-state index contributed by atoms with van der Waals surface area (Å²) in [5.41, 5.74) is 2.10. The molecule has 1 aliphatic rings. The molecule has 0 aliphatic carbocycles. The predicted molar refractivity (Wildman–Crippen MR) is 116 cm³/mol. The highest BCUT2D eigenvalue weighted by atomic mass is 35.5. The Kier molecular flexibility index (Phi) is 5.69. The normalized spacial score (nSPS) is 20.8. The van der Waals surface area contributed by atoms with Gasteiger partial charge in [-0.25, -0.2) is 13.4 Å². The zero-order chi connectivity index (χ0) is 20.6. The molecule has 3 aromatic carbocycles. The first-order chi connectivity index (χ1) is 13.9. The van der Waals surface area contributed by atoms with E-state index < -0.39 is 10.0 Å². The van der Waals surface area contributed by atoms with E-state index >= 15 is 0 Å². The van der Waals surface area contributed by atoms with Crippen molar-refractivity contribution in [2.75, 3.05) is 13.6 Å². The molecule has 0 bridgehead atoms. The molecule has 3 aromatic rings. The van der Waals surface area contributed by atoms with Crippen molar-refractivity contribution in [1.82, 2.24) is 9.42 Å². The molecule has 1 unspecified atom stereocenters. The zero-order valence-electron chi connectivity index (χ0n) is 15.7. The second-order valence-corrected chi connectivity index (χ2v) is 9.77. The van der Waals surface area contributed by atoms with Crippen LogP contribution in [0.5, 0.6) is 0 Å². The molecular weight excluding hydrogens is 427 g/mol. The third-order valence-electron chi connectivity index (χ3n) is 5.32. The van der Waals surface area contributed by atoms with E-state index in [-0.39, 0.29) is 16.9 Å². The number of hydrazine groups is 1. The van der Waals surface area contributed by atoms with Gasteiger partial charge in [0.25, 0.3) is 10.0 Å². The van der Waals surface area contributed by atoms with Gasteiger partial charge in [0.15, 0.2) is 0 Å². The smallest absolute Gasteiger partial charge is 0.223 e. The number of benzene rings is 3. The quantitative estimate of drug-likeness (QED) is 0.540. The van der Waals surface area contributed by atoms with Crippen LogP contribution in [0.3, 0.4) is 0 Å². The van der Waals surface area contributed by atoms with E-state index in [1.54, 1.807) is 24.3 Å². The lowest BCUT2D eigenvalue weighted by Gasteiger charge is -2.29. The molecule has 2 atom stereocenters. The first-order valence-corrected chi connectivity index (χ1v) is 11.4. The number of halogens is 2. The highest BCUT2D eigenvalue weighted by Gasteiger charge is 2.45. The van der Waals surface area contributed by atoms with Crippen molar-refractivity contribution in [2.45, 2.75) is 16.9 Å². The lowest BCUT2D eigenvalue weighted by molar-refractivity contribution is 0.113. The van der Waals surface area contributed by atoms with Crippen LogP contribution in [-0.4, -0.2) is 31.4 Å². The van der Waals surface area contributed by atoms with Gasteiger partial charge in [-0.05, 0) is 47.5 Å². The van der Waals surface area contributed by atoms with Crippen LogP contribution in [0.25, 0.3) is 0 Å². The molecule has 29 heavy (non-hydrogen) atoms. The van der Waals surface area contributed by atoms with E-state index in [1.165, 1.54) is 4.41 Å². The molecule has 4 nitrogen and oxygen atoms in total. The van der Waals surface area contributed by atoms with E-state index in [2.05, 4.69) is 0 Å². The van der Waals surface area contributed by atoms with Crippen molar-refractivity contribution >= 4 is 33.2 Å². The Balaban J connectivity index is 1.77. The van der Waals surface area contributed by atoms with Gasteiger partial charge in [-0.15, -0.1) is 4.41 Å². The summed E-state index contributed by atoms with van der Waals surface area (Å²) < 4.78 is 28.2. The number of rotatable bonds is 4. The van der Waals surface area contributed by atoms with Crippen LogP contribution in [0.2, 0.25) is 10.0 Å². The molecule has 0 N–H and O–H groups in total. The van der Waals surface area contributed by atoms with E-state index in [0.717, 1.165) is 11.1 Å². The Morgan fingerprint density at radius 3 is 1.93 bits per heavy atom. The molecule has 4 rings (SSSR count). The summed E-state index contributed by atoms with van der Waals surface area (Å²) in [6.45, 7) is 0.346. The third kappa shape index (κ3) is 3.93. The van der Waals surface area contributed by atoms with Gasteiger partial charge in [-0.3, -0.25) is 0 Å². The van der Waals surface area contributed by atoms with Crippen LogP contribution in [-0.2, 0) is 10.0 Å². The van der Waals surface area contributed by atoms with Crippen molar-refractivity contribution in [3.05, 3.63) is 100 Å². The minimum Gasteiger partial charge on any atom is -0.223 e. The molecule has 0 amide bonds. The maximum Gasteiger partial charge on any atom is 0.256 e. The number of hydrogen-bond donors (Lipinski definition) is 0. The number of likely N-dealkylation sites (N-methyl/N-ethyl adjacent to an activating group) is 1.